The monoisotopic (exact) mass is 212 g/mol. The average Bonchev–Trinajstić information content (AvgIpc) is 2.19. The lowest BCUT2D eigenvalue weighted by Crippen LogP contribution is -2.16. The van der Waals surface area contributed by atoms with Gasteiger partial charge in [-0.2, -0.15) is 0 Å². The van der Waals surface area contributed by atoms with Crippen molar-refractivity contribution in [1.82, 2.24) is 0 Å². The number of carbonyl (C=O) groups excluding carboxylic acids is 1. The normalized spacial score (nSPS) is 9.87. The molecule has 1 aromatic carbocycles. The first kappa shape index (κ1) is 11.7. The van der Waals surface area contributed by atoms with E-state index >= 15 is 0 Å². The number of hydrogen-bond acceptors (Lipinski definition) is 4. The van der Waals surface area contributed by atoms with Gasteiger partial charge in [-0.05, 0) is 17.7 Å². The van der Waals surface area contributed by atoms with Gasteiger partial charge in [0, 0.05) is 6.32 Å². The predicted molar refractivity (Wildman–Crippen MR) is 51.6 cm³/mol. The van der Waals surface area contributed by atoms with Gasteiger partial charge in [-0.1, -0.05) is 6.07 Å². The van der Waals surface area contributed by atoms with Crippen molar-refractivity contribution in [2.45, 2.75) is 6.32 Å². The first-order valence-electron chi connectivity index (χ1n) is 4.27. The number of rotatable bonds is 3. The molecule has 0 radical (unpaired) electrons. The molecule has 0 saturated carbocycles. The van der Waals surface area contributed by atoms with E-state index in [4.69, 9.17) is 10.0 Å². The summed E-state index contributed by atoms with van der Waals surface area (Å²) in [6, 6.07) is 3.70. The van der Waals surface area contributed by atoms with Gasteiger partial charge < -0.3 is 14.8 Å². The number of halogens is 1. The lowest BCUT2D eigenvalue weighted by molar-refractivity contribution is 0.0595. The van der Waals surface area contributed by atoms with Gasteiger partial charge in [0.15, 0.2) is 0 Å². The van der Waals surface area contributed by atoms with Crippen molar-refractivity contribution in [3.8, 4) is 0 Å². The van der Waals surface area contributed by atoms with Crippen molar-refractivity contribution in [1.29, 1.82) is 0 Å². The minimum atomic E-state index is -1.53. The molecule has 1 aromatic rings. The van der Waals surface area contributed by atoms with Crippen molar-refractivity contribution >= 4 is 13.1 Å². The average molecular weight is 212 g/mol. The Bertz CT molecular complexity index is 367. The van der Waals surface area contributed by atoms with Crippen molar-refractivity contribution in [3.63, 3.8) is 0 Å². The standard InChI is InChI=1S/C9H10BFO4/c1-15-9(12)7-4-6(5-10(13)14)2-3-8(7)11/h2-4,13-14H,5H2,1H3. The highest BCUT2D eigenvalue weighted by Crippen LogP contribution is 2.12. The van der Waals surface area contributed by atoms with Gasteiger partial charge in [0.2, 0.25) is 0 Å². The second-order valence-corrected chi connectivity index (χ2v) is 2.99. The molecule has 6 heteroatoms. The zero-order chi connectivity index (χ0) is 11.4. The number of benzene rings is 1. The fraction of sp³-hybridized carbons (Fsp3) is 0.222. The fourth-order valence-electron chi connectivity index (χ4n) is 1.18. The van der Waals surface area contributed by atoms with Gasteiger partial charge in [-0.25, -0.2) is 9.18 Å². The molecule has 0 bridgehead atoms. The summed E-state index contributed by atoms with van der Waals surface area (Å²) in [5.74, 6) is -1.49. The topological polar surface area (TPSA) is 66.8 Å². The van der Waals surface area contributed by atoms with Crippen molar-refractivity contribution in [2.75, 3.05) is 7.11 Å². The summed E-state index contributed by atoms with van der Waals surface area (Å²) in [7, 11) is -0.379. The molecule has 0 amide bonds. The van der Waals surface area contributed by atoms with Crippen LogP contribution in [0.4, 0.5) is 4.39 Å². The summed E-state index contributed by atoms with van der Waals surface area (Å²) < 4.78 is 17.5. The Labute approximate surface area is 86.4 Å². The number of esters is 1. The molecule has 0 aromatic heterocycles. The highest BCUT2D eigenvalue weighted by Gasteiger charge is 2.15. The molecule has 1 rings (SSSR count). The van der Waals surface area contributed by atoms with Crippen LogP contribution in [0.3, 0.4) is 0 Å². The molecule has 0 aliphatic heterocycles. The van der Waals surface area contributed by atoms with Crippen LogP contribution in [0.25, 0.3) is 0 Å². The van der Waals surface area contributed by atoms with E-state index in [9.17, 15) is 9.18 Å². The zero-order valence-corrected chi connectivity index (χ0v) is 8.11. The van der Waals surface area contributed by atoms with Crippen molar-refractivity contribution in [3.05, 3.63) is 35.1 Å². The third-order valence-electron chi connectivity index (χ3n) is 1.85. The van der Waals surface area contributed by atoms with Gasteiger partial charge in [0.25, 0.3) is 0 Å². The number of methoxy groups -OCH3 is 1. The van der Waals surface area contributed by atoms with E-state index in [0.29, 0.717) is 5.56 Å². The highest BCUT2D eigenvalue weighted by molar-refractivity contribution is 6.40. The molecule has 4 nitrogen and oxygen atoms in total. The Balaban J connectivity index is 3.00. The fourth-order valence-corrected chi connectivity index (χ4v) is 1.18. The molecule has 0 saturated heterocycles. The first-order chi connectivity index (χ1) is 7.04. The Morgan fingerprint density at radius 1 is 1.53 bits per heavy atom. The van der Waals surface area contributed by atoms with E-state index in [0.717, 1.165) is 13.2 Å². The molecule has 80 valence electrons. The molecule has 0 fully saturated rings. The van der Waals surface area contributed by atoms with Crippen LogP contribution in [0.2, 0.25) is 0 Å². The molecular weight excluding hydrogens is 202 g/mol. The minimum Gasteiger partial charge on any atom is -0.465 e. The smallest absolute Gasteiger partial charge is 0.456 e. The molecule has 2 N–H and O–H groups in total. The molecular formula is C9H10BFO4. The summed E-state index contributed by atoms with van der Waals surface area (Å²) in [5, 5.41) is 17.4. The Hall–Kier alpha value is -1.40. The van der Waals surface area contributed by atoms with Crippen LogP contribution in [-0.4, -0.2) is 30.2 Å². The maximum absolute atomic E-state index is 13.1. The molecule has 0 spiro atoms. The summed E-state index contributed by atoms with van der Waals surface area (Å²) in [5.41, 5.74) is 0.238. The van der Waals surface area contributed by atoms with E-state index in [-0.39, 0.29) is 11.9 Å². The predicted octanol–water partition coefficient (Wildman–Crippen LogP) is 0.167. The van der Waals surface area contributed by atoms with Crippen LogP contribution in [0.5, 0.6) is 0 Å². The minimum absolute atomic E-state index is 0.0652. The van der Waals surface area contributed by atoms with Crippen LogP contribution in [0, 0.1) is 5.82 Å². The molecule has 0 aliphatic rings. The maximum Gasteiger partial charge on any atom is 0.456 e. The van der Waals surface area contributed by atoms with Crippen LogP contribution < -0.4 is 0 Å². The van der Waals surface area contributed by atoms with Gasteiger partial charge in [0.05, 0.1) is 12.7 Å². The van der Waals surface area contributed by atoms with Crippen LogP contribution >= 0.6 is 0 Å². The maximum atomic E-state index is 13.1. The van der Waals surface area contributed by atoms with Gasteiger partial charge in [0.1, 0.15) is 5.82 Å². The van der Waals surface area contributed by atoms with Gasteiger partial charge in [-0.15, -0.1) is 0 Å². The van der Waals surface area contributed by atoms with E-state index < -0.39 is 18.9 Å². The number of ether oxygens (including phenoxy) is 1. The number of hydrogen-bond donors (Lipinski definition) is 2. The second kappa shape index (κ2) is 4.90. The Kier molecular flexibility index (Phi) is 3.82. The van der Waals surface area contributed by atoms with E-state index in [1.165, 1.54) is 12.1 Å². The van der Waals surface area contributed by atoms with Crippen LogP contribution in [0.1, 0.15) is 15.9 Å². The van der Waals surface area contributed by atoms with E-state index in [1.54, 1.807) is 0 Å². The van der Waals surface area contributed by atoms with Gasteiger partial charge in [-0.3, -0.25) is 0 Å². The lowest BCUT2D eigenvalue weighted by atomic mass is 9.81. The third-order valence-corrected chi connectivity index (χ3v) is 1.85. The zero-order valence-electron chi connectivity index (χ0n) is 8.11. The first-order valence-corrected chi connectivity index (χ1v) is 4.27. The lowest BCUT2D eigenvalue weighted by Gasteiger charge is -2.04. The molecule has 0 unspecified atom stereocenters. The van der Waals surface area contributed by atoms with Crippen LogP contribution in [-0.2, 0) is 11.1 Å². The third kappa shape index (κ3) is 3.04. The summed E-state index contributed by atoms with van der Waals surface area (Å²) in [6.07, 6.45) is -0.0652. The van der Waals surface area contributed by atoms with E-state index in [1.807, 2.05) is 0 Å². The van der Waals surface area contributed by atoms with Gasteiger partial charge >= 0.3 is 13.1 Å². The molecule has 0 aliphatic carbocycles. The van der Waals surface area contributed by atoms with Crippen molar-refractivity contribution < 1.29 is 24.0 Å². The second-order valence-electron chi connectivity index (χ2n) is 2.99. The largest absolute Gasteiger partial charge is 0.465 e. The number of carbonyl (C=O) groups is 1. The Morgan fingerprint density at radius 3 is 2.73 bits per heavy atom. The molecule has 0 atom stereocenters. The molecule has 15 heavy (non-hydrogen) atoms. The SMILES string of the molecule is COC(=O)c1cc(CB(O)O)ccc1F. The summed E-state index contributed by atoms with van der Waals surface area (Å²) in [4.78, 5) is 11.1. The summed E-state index contributed by atoms with van der Waals surface area (Å²) in [6.45, 7) is 0. The quantitative estimate of drug-likeness (QED) is 0.553. The van der Waals surface area contributed by atoms with Crippen LogP contribution in [0.15, 0.2) is 18.2 Å². The molecule has 0 heterocycles. The van der Waals surface area contributed by atoms with Crippen molar-refractivity contribution in [2.24, 2.45) is 0 Å². The highest BCUT2D eigenvalue weighted by atomic mass is 19.1. The van der Waals surface area contributed by atoms with E-state index in [2.05, 4.69) is 4.74 Å². The summed E-state index contributed by atoms with van der Waals surface area (Å²) >= 11 is 0. The Morgan fingerprint density at radius 2 is 2.20 bits per heavy atom.